The number of hydrogen-bond acceptors (Lipinski definition) is 4. The number of aliphatic hydroxyl groups excluding tert-OH is 1. The molecule has 1 atom stereocenters. The summed E-state index contributed by atoms with van der Waals surface area (Å²) >= 11 is 0. The molecule has 0 aliphatic rings. The van der Waals surface area contributed by atoms with Crippen molar-refractivity contribution in [3.8, 4) is 0 Å². The van der Waals surface area contributed by atoms with Crippen LogP contribution in [0.2, 0.25) is 0 Å². The van der Waals surface area contributed by atoms with Crippen LogP contribution in [0.4, 0.5) is 0 Å². The fourth-order valence-electron chi connectivity index (χ4n) is 0.796. The van der Waals surface area contributed by atoms with Crippen molar-refractivity contribution in [1.29, 1.82) is 0 Å². The lowest BCUT2D eigenvalue weighted by Crippen LogP contribution is -2.23. The van der Waals surface area contributed by atoms with Crippen molar-refractivity contribution in [3.63, 3.8) is 0 Å². The number of ether oxygens (including phenoxy) is 2. The van der Waals surface area contributed by atoms with Crippen molar-refractivity contribution in [3.05, 3.63) is 0 Å². The van der Waals surface area contributed by atoms with Gasteiger partial charge in [0.05, 0.1) is 13.2 Å². The molecule has 0 bridgehead atoms. The lowest BCUT2D eigenvalue weighted by atomic mass is 10.3. The van der Waals surface area contributed by atoms with Gasteiger partial charge in [0.2, 0.25) is 0 Å². The Kier molecular flexibility index (Phi) is 8.51. The summed E-state index contributed by atoms with van der Waals surface area (Å²) in [5, 5.41) is 17.5. The molecule has 5 nitrogen and oxygen atoms in total. The van der Waals surface area contributed by atoms with Crippen LogP contribution >= 0.6 is 0 Å². The second-order valence-corrected chi connectivity index (χ2v) is 2.99. The number of carbonyl (C=O) groups is 1. The Morgan fingerprint density at radius 2 is 2.00 bits per heavy atom. The SMILES string of the molecule is CCCCOCC(O)COCC(=O)O. The molecule has 0 heterocycles. The van der Waals surface area contributed by atoms with E-state index in [1.54, 1.807) is 0 Å². The maximum atomic E-state index is 10.0. The Morgan fingerprint density at radius 3 is 2.57 bits per heavy atom. The Labute approximate surface area is 83.6 Å². The Hall–Kier alpha value is -0.650. The molecule has 2 N–H and O–H groups in total. The molecule has 0 amide bonds. The van der Waals surface area contributed by atoms with E-state index >= 15 is 0 Å². The third kappa shape index (κ3) is 9.44. The molecule has 0 radical (unpaired) electrons. The Bertz CT molecular complexity index is 148. The number of aliphatic hydroxyl groups is 1. The molecule has 0 aromatic rings. The van der Waals surface area contributed by atoms with Crippen molar-refractivity contribution in [2.24, 2.45) is 0 Å². The van der Waals surface area contributed by atoms with E-state index in [-0.39, 0.29) is 19.8 Å². The molecule has 0 saturated carbocycles. The summed E-state index contributed by atoms with van der Waals surface area (Å²) in [7, 11) is 0. The van der Waals surface area contributed by atoms with Crippen LogP contribution in [0.3, 0.4) is 0 Å². The van der Waals surface area contributed by atoms with Gasteiger partial charge >= 0.3 is 5.97 Å². The summed E-state index contributed by atoms with van der Waals surface area (Å²) < 4.78 is 9.80. The molecule has 0 rings (SSSR count). The van der Waals surface area contributed by atoms with Crippen molar-refractivity contribution in [1.82, 2.24) is 0 Å². The highest BCUT2D eigenvalue weighted by atomic mass is 16.5. The average Bonchev–Trinajstić information content (AvgIpc) is 2.12. The van der Waals surface area contributed by atoms with E-state index in [1.165, 1.54) is 0 Å². The smallest absolute Gasteiger partial charge is 0.329 e. The van der Waals surface area contributed by atoms with Gasteiger partial charge in [0.15, 0.2) is 0 Å². The summed E-state index contributed by atoms with van der Waals surface area (Å²) in [6.45, 7) is 2.48. The quantitative estimate of drug-likeness (QED) is 0.529. The van der Waals surface area contributed by atoms with E-state index in [2.05, 4.69) is 11.7 Å². The summed E-state index contributed by atoms with van der Waals surface area (Å²) in [6, 6.07) is 0. The van der Waals surface area contributed by atoms with Gasteiger partial charge in [-0.25, -0.2) is 4.79 Å². The van der Waals surface area contributed by atoms with Crippen LogP contribution in [0.1, 0.15) is 19.8 Å². The zero-order chi connectivity index (χ0) is 10.8. The first-order valence-electron chi connectivity index (χ1n) is 4.72. The van der Waals surface area contributed by atoms with E-state index in [9.17, 15) is 9.90 Å². The zero-order valence-corrected chi connectivity index (χ0v) is 8.44. The molecule has 0 aromatic heterocycles. The maximum absolute atomic E-state index is 10.0. The number of hydrogen-bond donors (Lipinski definition) is 2. The largest absolute Gasteiger partial charge is 0.480 e. The van der Waals surface area contributed by atoms with Crippen molar-refractivity contribution < 1.29 is 24.5 Å². The topological polar surface area (TPSA) is 76.0 Å². The van der Waals surface area contributed by atoms with Crippen LogP contribution in [-0.2, 0) is 14.3 Å². The highest BCUT2D eigenvalue weighted by Gasteiger charge is 2.05. The second kappa shape index (κ2) is 8.93. The Balaban J connectivity index is 3.19. The van der Waals surface area contributed by atoms with Crippen LogP contribution in [0.5, 0.6) is 0 Å². The van der Waals surface area contributed by atoms with E-state index in [4.69, 9.17) is 9.84 Å². The van der Waals surface area contributed by atoms with Crippen LogP contribution < -0.4 is 0 Å². The molecule has 5 heteroatoms. The third-order valence-corrected chi connectivity index (χ3v) is 1.49. The molecule has 1 unspecified atom stereocenters. The van der Waals surface area contributed by atoms with Crippen LogP contribution in [0.15, 0.2) is 0 Å². The number of unbranched alkanes of at least 4 members (excludes halogenated alkanes) is 1. The molecular weight excluding hydrogens is 188 g/mol. The summed E-state index contributed by atoms with van der Waals surface area (Å²) in [6.07, 6.45) is 1.26. The zero-order valence-electron chi connectivity index (χ0n) is 8.44. The Morgan fingerprint density at radius 1 is 1.36 bits per heavy atom. The minimum absolute atomic E-state index is 0.00156. The minimum Gasteiger partial charge on any atom is -0.480 e. The molecule has 14 heavy (non-hydrogen) atoms. The number of rotatable bonds is 9. The molecule has 0 spiro atoms. The van der Waals surface area contributed by atoms with Gasteiger partial charge in [-0.2, -0.15) is 0 Å². The molecule has 0 saturated heterocycles. The van der Waals surface area contributed by atoms with Crippen molar-refractivity contribution in [2.75, 3.05) is 26.4 Å². The summed E-state index contributed by atoms with van der Waals surface area (Å²) in [4.78, 5) is 10.0. The summed E-state index contributed by atoms with van der Waals surface area (Å²) in [5.41, 5.74) is 0. The monoisotopic (exact) mass is 206 g/mol. The first kappa shape index (κ1) is 13.4. The molecule has 84 valence electrons. The van der Waals surface area contributed by atoms with Crippen LogP contribution in [-0.4, -0.2) is 48.7 Å². The van der Waals surface area contributed by atoms with Gasteiger partial charge in [-0.1, -0.05) is 13.3 Å². The average molecular weight is 206 g/mol. The van der Waals surface area contributed by atoms with Gasteiger partial charge in [-0.15, -0.1) is 0 Å². The van der Waals surface area contributed by atoms with E-state index in [1.807, 2.05) is 0 Å². The minimum atomic E-state index is -1.04. The first-order chi connectivity index (χ1) is 6.66. The fourth-order valence-corrected chi connectivity index (χ4v) is 0.796. The van der Waals surface area contributed by atoms with Gasteiger partial charge in [-0.05, 0) is 6.42 Å². The van der Waals surface area contributed by atoms with E-state index in [0.717, 1.165) is 12.8 Å². The molecular formula is C9H18O5. The van der Waals surface area contributed by atoms with Gasteiger partial charge in [-0.3, -0.25) is 0 Å². The van der Waals surface area contributed by atoms with E-state index < -0.39 is 12.1 Å². The first-order valence-corrected chi connectivity index (χ1v) is 4.72. The number of carboxylic acid groups (broad SMARTS) is 1. The highest BCUT2D eigenvalue weighted by Crippen LogP contribution is 1.91. The van der Waals surface area contributed by atoms with Crippen LogP contribution in [0, 0.1) is 0 Å². The number of carboxylic acids is 1. The van der Waals surface area contributed by atoms with Gasteiger partial charge in [0.1, 0.15) is 12.7 Å². The summed E-state index contributed by atoms with van der Waals surface area (Å²) in [5.74, 6) is -1.04. The fraction of sp³-hybridized carbons (Fsp3) is 0.889. The normalized spacial score (nSPS) is 12.7. The lowest BCUT2D eigenvalue weighted by Gasteiger charge is -2.10. The predicted molar refractivity (Wildman–Crippen MR) is 50.2 cm³/mol. The van der Waals surface area contributed by atoms with Crippen molar-refractivity contribution >= 4 is 5.97 Å². The standard InChI is InChI=1S/C9H18O5/c1-2-3-4-13-5-8(10)6-14-7-9(11)12/h8,10H,2-7H2,1H3,(H,11,12). The molecule has 0 aliphatic carbocycles. The third-order valence-electron chi connectivity index (χ3n) is 1.49. The van der Waals surface area contributed by atoms with E-state index in [0.29, 0.717) is 6.61 Å². The highest BCUT2D eigenvalue weighted by molar-refractivity contribution is 5.67. The predicted octanol–water partition coefficient (Wildman–Crippen LogP) is 0.265. The van der Waals surface area contributed by atoms with Gasteiger partial charge in [0, 0.05) is 6.61 Å². The molecule has 0 aliphatic heterocycles. The maximum Gasteiger partial charge on any atom is 0.329 e. The lowest BCUT2D eigenvalue weighted by molar-refractivity contribution is -0.143. The van der Waals surface area contributed by atoms with Gasteiger partial charge in [0.25, 0.3) is 0 Å². The number of aliphatic carboxylic acids is 1. The second-order valence-electron chi connectivity index (χ2n) is 2.99. The molecule has 0 fully saturated rings. The molecule has 0 aromatic carbocycles. The van der Waals surface area contributed by atoms with Crippen molar-refractivity contribution in [2.45, 2.75) is 25.9 Å². The van der Waals surface area contributed by atoms with Gasteiger partial charge < -0.3 is 19.7 Å². The van der Waals surface area contributed by atoms with Crippen LogP contribution in [0.25, 0.3) is 0 Å².